The Hall–Kier alpha value is -0.847. The minimum absolute atomic E-state index is 0. The third-order valence-electron chi connectivity index (χ3n) is 8.71. The first-order valence-electron chi connectivity index (χ1n) is 14.8. The van der Waals surface area contributed by atoms with Gasteiger partial charge in [-0.2, -0.15) is 0 Å². The van der Waals surface area contributed by atoms with Crippen LogP contribution in [0, 0.1) is 7.14 Å². The molecule has 0 atom stereocenters. The van der Waals surface area contributed by atoms with Crippen LogP contribution in [0.3, 0.4) is 0 Å². The molecule has 5 heteroatoms. The van der Waals surface area contributed by atoms with Gasteiger partial charge in [0, 0.05) is 0 Å². The van der Waals surface area contributed by atoms with E-state index in [2.05, 4.69) is 190 Å². The molecular formula is C39H40Cl2I2Zr. The molecular weight excluding hydrogens is 884 g/mol. The first-order chi connectivity index (χ1) is 19.9. The summed E-state index contributed by atoms with van der Waals surface area (Å²) in [5.41, 5.74) is 11.9. The summed E-state index contributed by atoms with van der Waals surface area (Å²) in [6, 6.07) is 33.1. The number of fused-ring (bicyclic) bond motifs is 3. The molecule has 0 spiro atoms. The van der Waals surface area contributed by atoms with Crippen molar-refractivity contribution < 1.29 is 21.3 Å². The number of benzene rings is 4. The average molecular weight is 925 g/mol. The molecule has 6 rings (SSSR count). The second-order valence-corrected chi connectivity index (χ2v) is 22.2. The molecule has 0 radical (unpaired) electrons. The maximum Gasteiger partial charge on any atom is -0.147 e. The smallest absolute Gasteiger partial charge is 0.147 e. The molecule has 4 aromatic carbocycles. The summed E-state index contributed by atoms with van der Waals surface area (Å²) in [6.07, 6.45) is 8.24. The average Bonchev–Trinajstić information content (AvgIpc) is 3.58. The van der Waals surface area contributed by atoms with Crippen LogP contribution in [-0.4, -0.2) is 3.21 Å². The van der Waals surface area contributed by atoms with Crippen LogP contribution in [0.5, 0.6) is 0 Å². The molecule has 0 unspecified atom stereocenters. The van der Waals surface area contributed by atoms with Gasteiger partial charge in [-0.05, 0) is 0 Å². The van der Waals surface area contributed by atoms with Crippen LogP contribution in [0.15, 0.2) is 106 Å². The molecule has 44 heavy (non-hydrogen) atoms. The zero-order valence-corrected chi connectivity index (χ0v) is 34.6. The van der Waals surface area contributed by atoms with E-state index < -0.39 is 21.3 Å². The largest absolute Gasteiger partial charge is 0.147 e. The molecule has 2 aliphatic carbocycles. The fraction of sp³-hybridized carbons (Fsp3) is 0.256. The fourth-order valence-electron chi connectivity index (χ4n) is 6.39. The normalized spacial score (nSPS) is 13.9. The number of hydrogen-bond acceptors (Lipinski definition) is 0. The van der Waals surface area contributed by atoms with Crippen LogP contribution in [0.4, 0.5) is 0 Å². The van der Waals surface area contributed by atoms with Gasteiger partial charge in [-0.15, -0.1) is 24.8 Å². The summed E-state index contributed by atoms with van der Waals surface area (Å²) in [4.78, 5) is 0. The van der Waals surface area contributed by atoms with E-state index in [9.17, 15) is 0 Å². The van der Waals surface area contributed by atoms with Gasteiger partial charge in [0.2, 0.25) is 0 Å². The van der Waals surface area contributed by atoms with Gasteiger partial charge in [-0.3, -0.25) is 0 Å². The summed E-state index contributed by atoms with van der Waals surface area (Å²) in [5.74, 6) is 0. The molecule has 0 bridgehead atoms. The fourth-order valence-corrected chi connectivity index (χ4v) is 18.1. The summed E-state index contributed by atoms with van der Waals surface area (Å²) in [5, 5.41) is 0. The summed E-state index contributed by atoms with van der Waals surface area (Å²) >= 11 is 2.45. The molecule has 4 aromatic rings. The van der Waals surface area contributed by atoms with E-state index in [0.29, 0.717) is 3.63 Å². The Morgan fingerprint density at radius 2 is 1.11 bits per heavy atom. The number of rotatable bonds is 4. The van der Waals surface area contributed by atoms with Crippen molar-refractivity contribution in [3.8, 4) is 11.1 Å². The van der Waals surface area contributed by atoms with Gasteiger partial charge in [-0.25, -0.2) is 0 Å². The minimum Gasteiger partial charge on any atom is -0.147 e. The maximum absolute atomic E-state index is 2.70. The third kappa shape index (κ3) is 6.89. The Morgan fingerprint density at radius 1 is 0.659 bits per heavy atom. The summed E-state index contributed by atoms with van der Waals surface area (Å²) < 4.78 is 6.44. The zero-order valence-electron chi connectivity index (χ0n) is 26.2. The van der Waals surface area contributed by atoms with Crippen molar-refractivity contribution >= 4 is 73.2 Å². The Balaban J connectivity index is 0.00000221. The van der Waals surface area contributed by atoms with E-state index in [0.717, 1.165) is 6.42 Å². The van der Waals surface area contributed by atoms with Crippen LogP contribution in [0.2, 0.25) is 0 Å². The second kappa shape index (κ2) is 14.1. The van der Waals surface area contributed by atoms with Gasteiger partial charge in [0.25, 0.3) is 0 Å². The van der Waals surface area contributed by atoms with E-state index in [1.807, 2.05) is 0 Å². The van der Waals surface area contributed by atoms with Crippen molar-refractivity contribution in [3.63, 3.8) is 0 Å². The SMILES string of the molecule is CC(C)(C)c1ccc2c(c1)-c1cc(C(C)(C)C)ccc1[CH]2[Zr]([C]1=CC=CC1)=[C](c1ccccc1I)c1ccccc1I.Cl.Cl. The van der Waals surface area contributed by atoms with Gasteiger partial charge in [0.05, 0.1) is 0 Å². The Morgan fingerprint density at radius 3 is 1.50 bits per heavy atom. The minimum atomic E-state index is -2.70. The van der Waals surface area contributed by atoms with E-state index >= 15 is 0 Å². The number of allylic oxidation sites excluding steroid dienone is 4. The van der Waals surface area contributed by atoms with Crippen LogP contribution in [-0.2, 0) is 32.1 Å². The standard InChI is InChI=1S/C21H25.C13H8I2.C5H5.2ClH.Zr/c1-20(2,3)16-9-7-14-11-15-8-10-17(21(4,5)6)13-19(15)18(14)12-16;14-12-7-3-1-5-10(12)9-11-6-2-4-8-13(11)15;1-2-4-5-3-1;;;/h7-13H,1-6H3;1-8H;1-3H,4H2;2*1H;. The Kier molecular flexibility index (Phi) is 11.5. The zero-order chi connectivity index (χ0) is 29.8. The Labute approximate surface area is 311 Å². The van der Waals surface area contributed by atoms with Crippen molar-refractivity contribution in [2.75, 3.05) is 0 Å². The monoisotopic (exact) mass is 922 g/mol. The molecule has 0 fully saturated rings. The van der Waals surface area contributed by atoms with Gasteiger partial charge in [0.15, 0.2) is 0 Å². The van der Waals surface area contributed by atoms with Crippen LogP contribution in [0.25, 0.3) is 11.1 Å². The van der Waals surface area contributed by atoms with Crippen LogP contribution < -0.4 is 0 Å². The summed E-state index contributed by atoms with van der Waals surface area (Å²) in [6.45, 7) is 14.0. The third-order valence-corrected chi connectivity index (χ3v) is 18.8. The van der Waals surface area contributed by atoms with Gasteiger partial charge in [-0.1, -0.05) is 0 Å². The topological polar surface area (TPSA) is 0 Å². The van der Waals surface area contributed by atoms with Gasteiger partial charge in [0.1, 0.15) is 0 Å². The molecule has 0 saturated carbocycles. The predicted octanol–water partition coefficient (Wildman–Crippen LogP) is 12.1. The number of hydrogen-bond donors (Lipinski definition) is 0. The van der Waals surface area contributed by atoms with Gasteiger partial charge < -0.3 is 0 Å². The first-order valence-corrected chi connectivity index (χ1v) is 20.9. The first kappa shape index (κ1) is 36.0. The second-order valence-electron chi connectivity index (χ2n) is 13.6. The van der Waals surface area contributed by atoms with Crippen molar-refractivity contribution in [1.82, 2.24) is 0 Å². The molecule has 0 amide bonds. The molecule has 0 aliphatic heterocycles. The van der Waals surface area contributed by atoms with E-state index in [4.69, 9.17) is 0 Å². The number of halogens is 4. The molecule has 228 valence electrons. The van der Waals surface area contributed by atoms with Crippen molar-refractivity contribution in [3.05, 3.63) is 147 Å². The quantitative estimate of drug-likeness (QED) is 0.179. The molecule has 0 N–H and O–H groups in total. The van der Waals surface area contributed by atoms with Crippen molar-refractivity contribution in [2.24, 2.45) is 0 Å². The van der Waals surface area contributed by atoms with Crippen LogP contribution in [0.1, 0.15) is 85.0 Å². The maximum atomic E-state index is 2.57. The molecule has 0 heterocycles. The van der Waals surface area contributed by atoms with E-state index in [1.54, 1.807) is 17.6 Å². The molecule has 0 aromatic heterocycles. The van der Waals surface area contributed by atoms with Crippen molar-refractivity contribution in [1.29, 1.82) is 0 Å². The van der Waals surface area contributed by atoms with E-state index in [-0.39, 0.29) is 35.6 Å². The van der Waals surface area contributed by atoms with Gasteiger partial charge >= 0.3 is 290 Å². The molecule has 0 nitrogen and oxygen atoms in total. The molecule has 0 saturated heterocycles. The Bertz CT molecular complexity index is 1690. The van der Waals surface area contributed by atoms with E-state index in [1.165, 1.54) is 40.5 Å². The summed E-state index contributed by atoms with van der Waals surface area (Å²) in [7, 11) is 0. The molecule has 2 aliphatic rings. The predicted molar refractivity (Wildman–Crippen MR) is 209 cm³/mol. The van der Waals surface area contributed by atoms with Crippen molar-refractivity contribution in [2.45, 2.75) is 62.4 Å². The van der Waals surface area contributed by atoms with Crippen LogP contribution >= 0.6 is 70.0 Å².